The van der Waals surface area contributed by atoms with Gasteiger partial charge in [0.15, 0.2) is 12.2 Å². The fraction of sp³-hybridized carbons (Fsp3) is 0.935. The Bertz CT molecular complexity index is 1580. The van der Waals surface area contributed by atoms with E-state index in [0.717, 1.165) is 115 Å². The van der Waals surface area contributed by atoms with Crippen molar-refractivity contribution in [1.29, 1.82) is 0 Å². The van der Waals surface area contributed by atoms with Gasteiger partial charge in [-0.15, -0.1) is 0 Å². The maximum Gasteiger partial charge on any atom is 0.472 e. The molecule has 0 saturated heterocycles. The van der Waals surface area contributed by atoms with Gasteiger partial charge in [-0.05, 0) is 31.6 Å². The molecule has 17 nitrogen and oxygen atoms in total. The molecule has 480 valence electrons. The molecule has 0 aromatic heterocycles. The third-order valence-corrected chi connectivity index (χ3v) is 16.2. The van der Waals surface area contributed by atoms with E-state index < -0.39 is 97.5 Å². The molecule has 0 heterocycles. The molecule has 0 saturated carbocycles. The molecule has 5 atom stereocenters. The van der Waals surface area contributed by atoms with Crippen LogP contribution in [0.5, 0.6) is 0 Å². The van der Waals surface area contributed by atoms with Crippen LogP contribution in [0, 0.1) is 5.92 Å². The Morgan fingerprint density at radius 2 is 0.568 bits per heavy atom. The molecule has 0 rings (SSSR count). The van der Waals surface area contributed by atoms with Crippen LogP contribution in [0.25, 0.3) is 0 Å². The molecule has 3 N–H and O–H groups in total. The molecule has 81 heavy (non-hydrogen) atoms. The van der Waals surface area contributed by atoms with E-state index >= 15 is 0 Å². The molecule has 0 spiro atoms. The third-order valence-electron chi connectivity index (χ3n) is 14.3. The summed E-state index contributed by atoms with van der Waals surface area (Å²) < 4.78 is 67.8. The van der Waals surface area contributed by atoms with E-state index in [-0.39, 0.29) is 25.7 Å². The Morgan fingerprint density at radius 1 is 0.333 bits per heavy atom. The molecule has 0 aromatic rings. The monoisotopic (exact) mass is 1200 g/mol. The summed E-state index contributed by atoms with van der Waals surface area (Å²) in [5.41, 5.74) is 0. The Hall–Kier alpha value is -1.94. The summed E-state index contributed by atoms with van der Waals surface area (Å²) >= 11 is 0. The highest BCUT2D eigenvalue weighted by Gasteiger charge is 2.30. The van der Waals surface area contributed by atoms with Gasteiger partial charge in [-0.25, -0.2) is 9.13 Å². The van der Waals surface area contributed by atoms with Gasteiger partial charge >= 0.3 is 39.5 Å². The predicted octanol–water partition coefficient (Wildman–Crippen LogP) is 17.0. The Labute approximate surface area is 492 Å². The first kappa shape index (κ1) is 79.1. The van der Waals surface area contributed by atoms with E-state index in [1.807, 2.05) is 0 Å². The third kappa shape index (κ3) is 56.9. The molecule has 0 aliphatic rings. The summed E-state index contributed by atoms with van der Waals surface area (Å²) in [6.45, 7) is 7.11. The summed E-state index contributed by atoms with van der Waals surface area (Å²) in [4.78, 5) is 71.9. The maximum absolute atomic E-state index is 13.0. The van der Waals surface area contributed by atoms with E-state index in [0.29, 0.717) is 25.7 Å². The van der Waals surface area contributed by atoms with Gasteiger partial charge < -0.3 is 33.8 Å². The first-order valence-corrected chi connectivity index (χ1v) is 35.6. The van der Waals surface area contributed by atoms with E-state index in [4.69, 9.17) is 37.0 Å². The van der Waals surface area contributed by atoms with Crippen molar-refractivity contribution in [1.82, 2.24) is 0 Å². The largest absolute Gasteiger partial charge is 0.472 e. The van der Waals surface area contributed by atoms with Gasteiger partial charge in [0.2, 0.25) is 0 Å². The van der Waals surface area contributed by atoms with Crippen LogP contribution in [-0.4, -0.2) is 96.7 Å². The van der Waals surface area contributed by atoms with Gasteiger partial charge in [0.05, 0.1) is 26.4 Å². The lowest BCUT2D eigenvalue weighted by molar-refractivity contribution is -0.161. The Balaban J connectivity index is 5.20. The lowest BCUT2D eigenvalue weighted by Crippen LogP contribution is -2.30. The number of carbonyl (C=O) groups is 4. The lowest BCUT2D eigenvalue weighted by Gasteiger charge is -2.21. The van der Waals surface area contributed by atoms with Crippen LogP contribution in [0.1, 0.15) is 311 Å². The molecular formula is C62H120O17P2. The maximum atomic E-state index is 13.0. The number of carbonyl (C=O) groups excluding carboxylic acids is 4. The number of phosphoric acid groups is 2. The molecule has 2 unspecified atom stereocenters. The summed E-state index contributed by atoms with van der Waals surface area (Å²) in [7, 11) is -9.87. The number of esters is 4. The lowest BCUT2D eigenvalue weighted by atomic mass is 10.0. The summed E-state index contributed by atoms with van der Waals surface area (Å²) in [6.07, 6.45) is 39.1. The molecule has 0 amide bonds. The fourth-order valence-electron chi connectivity index (χ4n) is 9.23. The molecule has 0 radical (unpaired) electrons. The van der Waals surface area contributed by atoms with E-state index in [9.17, 15) is 43.2 Å². The van der Waals surface area contributed by atoms with E-state index in [1.54, 1.807) is 0 Å². The molecule has 0 fully saturated rings. The van der Waals surface area contributed by atoms with Crippen molar-refractivity contribution < 1.29 is 80.2 Å². The zero-order chi connectivity index (χ0) is 59.9. The zero-order valence-corrected chi connectivity index (χ0v) is 53.7. The van der Waals surface area contributed by atoms with Crippen molar-refractivity contribution in [2.75, 3.05) is 39.6 Å². The molecule has 0 aliphatic heterocycles. The Kier molecular flexibility index (Phi) is 54.6. The van der Waals surface area contributed by atoms with Crippen molar-refractivity contribution >= 4 is 39.5 Å². The number of phosphoric ester groups is 2. The number of rotatable bonds is 62. The highest BCUT2D eigenvalue weighted by Crippen LogP contribution is 2.45. The molecule has 0 bridgehead atoms. The average molecular weight is 1200 g/mol. The van der Waals surface area contributed by atoms with Crippen LogP contribution in [0.3, 0.4) is 0 Å². The standard InChI is InChI=1S/C62H120O17P2/c1-6-9-12-15-18-20-21-22-23-27-32-36-41-46-60(65)73-52-58(79-62(67)48-43-38-33-28-25-24-26-30-34-39-44-55(4)5)54-77-81(70,71)75-50-56(63)49-74-80(68,69)76-53-57(51-72-59(64)45-40-35-29-17-14-11-8-3)78-61(66)47-42-37-31-19-16-13-10-7-2/h55-58,63H,6-54H2,1-5H3,(H,68,69)(H,70,71)/t56-,57+,58+/m0/s1. The van der Waals surface area contributed by atoms with Crippen molar-refractivity contribution in [2.24, 2.45) is 5.92 Å². The van der Waals surface area contributed by atoms with Gasteiger partial charge in [-0.1, -0.05) is 259 Å². The van der Waals surface area contributed by atoms with Crippen LogP contribution in [0.15, 0.2) is 0 Å². The van der Waals surface area contributed by atoms with E-state index in [1.165, 1.54) is 116 Å². The minimum atomic E-state index is -4.94. The zero-order valence-electron chi connectivity index (χ0n) is 51.9. The first-order valence-electron chi connectivity index (χ1n) is 32.6. The number of aliphatic hydroxyl groups excluding tert-OH is 1. The average Bonchev–Trinajstić information content (AvgIpc) is 3.43. The van der Waals surface area contributed by atoms with Gasteiger partial charge in [0.25, 0.3) is 0 Å². The minimum absolute atomic E-state index is 0.105. The summed E-state index contributed by atoms with van der Waals surface area (Å²) in [6, 6.07) is 0. The quantitative estimate of drug-likeness (QED) is 0.0222. The molecule has 0 aliphatic carbocycles. The van der Waals surface area contributed by atoms with Crippen LogP contribution in [-0.2, 0) is 65.4 Å². The Morgan fingerprint density at radius 3 is 0.840 bits per heavy atom. The highest BCUT2D eigenvalue weighted by atomic mass is 31.2. The second kappa shape index (κ2) is 55.9. The fourth-order valence-corrected chi connectivity index (χ4v) is 10.8. The number of ether oxygens (including phenoxy) is 4. The van der Waals surface area contributed by atoms with Gasteiger partial charge in [-0.3, -0.25) is 37.3 Å². The topological polar surface area (TPSA) is 237 Å². The van der Waals surface area contributed by atoms with Gasteiger partial charge in [0.1, 0.15) is 19.3 Å². The van der Waals surface area contributed by atoms with Crippen molar-refractivity contribution in [2.45, 2.75) is 329 Å². The molecule has 19 heteroatoms. The predicted molar refractivity (Wildman–Crippen MR) is 322 cm³/mol. The molecule has 0 aromatic carbocycles. The van der Waals surface area contributed by atoms with Crippen LogP contribution >= 0.6 is 15.6 Å². The van der Waals surface area contributed by atoms with Gasteiger partial charge in [-0.2, -0.15) is 0 Å². The molecular weight excluding hydrogens is 1080 g/mol. The summed E-state index contributed by atoms with van der Waals surface area (Å²) in [5, 5.41) is 10.5. The normalized spacial score (nSPS) is 14.3. The summed E-state index contributed by atoms with van der Waals surface area (Å²) in [5.74, 6) is -1.39. The van der Waals surface area contributed by atoms with Crippen LogP contribution in [0.2, 0.25) is 0 Å². The SMILES string of the molecule is CCCCCCCCCCCCCCCC(=O)OC[C@H](COP(=O)(O)OC[C@@H](O)COP(=O)(O)OC[C@@H](COC(=O)CCCCCCCCC)OC(=O)CCCCCCCCCC)OC(=O)CCCCCCCCCCCCC(C)C. The van der Waals surface area contributed by atoms with Crippen LogP contribution in [0.4, 0.5) is 0 Å². The smallest absolute Gasteiger partial charge is 0.462 e. The highest BCUT2D eigenvalue weighted by molar-refractivity contribution is 7.47. The second-order valence-electron chi connectivity index (χ2n) is 22.9. The van der Waals surface area contributed by atoms with Crippen molar-refractivity contribution in [3.63, 3.8) is 0 Å². The van der Waals surface area contributed by atoms with Crippen molar-refractivity contribution in [3.05, 3.63) is 0 Å². The number of unbranched alkanes of at least 4 members (excludes halogenated alkanes) is 34. The first-order chi connectivity index (χ1) is 39.0. The number of hydrogen-bond acceptors (Lipinski definition) is 15. The minimum Gasteiger partial charge on any atom is -0.462 e. The van der Waals surface area contributed by atoms with E-state index in [2.05, 4.69) is 34.6 Å². The van der Waals surface area contributed by atoms with Crippen molar-refractivity contribution in [3.8, 4) is 0 Å². The van der Waals surface area contributed by atoms with Crippen LogP contribution < -0.4 is 0 Å². The number of aliphatic hydroxyl groups is 1. The second-order valence-corrected chi connectivity index (χ2v) is 25.8. The number of hydrogen-bond donors (Lipinski definition) is 3. The van der Waals surface area contributed by atoms with Gasteiger partial charge in [0, 0.05) is 25.7 Å².